The van der Waals surface area contributed by atoms with Gasteiger partial charge in [-0.25, -0.2) is 0 Å². The van der Waals surface area contributed by atoms with Crippen molar-refractivity contribution in [3.63, 3.8) is 0 Å². The lowest BCUT2D eigenvalue weighted by atomic mass is 9.92. The molecule has 5 heteroatoms. The molecule has 0 fully saturated rings. The molecule has 1 aromatic carbocycles. The highest BCUT2D eigenvalue weighted by Crippen LogP contribution is 2.37. The van der Waals surface area contributed by atoms with Crippen molar-refractivity contribution in [2.24, 2.45) is 5.73 Å². The first-order valence-electron chi connectivity index (χ1n) is 8.02. The van der Waals surface area contributed by atoms with Crippen LogP contribution in [0, 0.1) is 6.92 Å². The van der Waals surface area contributed by atoms with Gasteiger partial charge in [0.1, 0.15) is 0 Å². The van der Waals surface area contributed by atoms with Crippen molar-refractivity contribution in [2.45, 2.75) is 20.0 Å². The first-order chi connectivity index (χ1) is 11.9. The van der Waals surface area contributed by atoms with Crippen molar-refractivity contribution in [3.8, 4) is 11.1 Å². The standard InChI is InChI=1S/C20H23Cl2N3/c1-5-9-25(4)12-19-15(6-2)20(17(11-23)13(3)24-19)16-8-7-14(21)10-18(16)22/h5-8,10H,1-2,9,11-12,23H2,3-4H3. The van der Waals surface area contributed by atoms with Crippen LogP contribution in [-0.4, -0.2) is 23.5 Å². The van der Waals surface area contributed by atoms with Gasteiger partial charge in [-0.1, -0.05) is 48.0 Å². The molecular formula is C20H23Cl2N3. The van der Waals surface area contributed by atoms with Crippen LogP contribution < -0.4 is 5.73 Å². The SMILES string of the molecule is C=CCN(C)Cc1nc(C)c(CN)c(-c2ccc(Cl)cc2Cl)c1C=C. The van der Waals surface area contributed by atoms with E-state index in [4.69, 9.17) is 33.9 Å². The van der Waals surface area contributed by atoms with Gasteiger partial charge >= 0.3 is 0 Å². The number of aromatic nitrogens is 1. The third-order valence-corrected chi connectivity index (χ3v) is 4.64. The minimum atomic E-state index is 0.372. The number of hydrogen-bond acceptors (Lipinski definition) is 3. The van der Waals surface area contributed by atoms with Crippen LogP contribution in [0.25, 0.3) is 17.2 Å². The second kappa shape index (κ2) is 8.63. The predicted molar refractivity (Wildman–Crippen MR) is 109 cm³/mol. The quantitative estimate of drug-likeness (QED) is 0.685. The van der Waals surface area contributed by atoms with Gasteiger partial charge in [0.2, 0.25) is 0 Å². The van der Waals surface area contributed by atoms with Crippen molar-refractivity contribution >= 4 is 29.3 Å². The van der Waals surface area contributed by atoms with Gasteiger partial charge in [0.15, 0.2) is 0 Å². The third-order valence-electron chi connectivity index (χ3n) is 4.09. The third kappa shape index (κ3) is 4.31. The zero-order valence-corrected chi connectivity index (χ0v) is 16.2. The van der Waals surface area contributed by atoms with E-state index in [1.807, 2.05) is 38.3 Å². The summed E-state index contributed by atoms with van der Waals surface area (Å²) in [5.41, 5.74) is 11.6. The molecule has 132 valence electrons. The number of likely N-dealkylation sites (N-methyl/N-ethyl adjacent to an activating group) is 1. The molecule has 25 heavy (non-hydrogen) atoms. The molecule has 0 amide bonds. The molecule has 0 saturated heterocycles. The Labute approximate surface area is 159 Å². The van der Waals surface area contributed by atoms with E-state index < -0.39 is 0 Å². The number of nitrogens with zero attached hydrogens (tertiary/aromatic N) is 2. The lowest BCUT2D eigenvalue weighted by Crippen LogP contribution is -2.20. The average Bonchev–Trinajstić information content (AvgIpc) is 2.55. The van der Waals surface area contributed by atoms with E-state index in [1.165, 1.54) is 0 Å². The Morgan fingerprint density at radius 3 is 2.56 bits per heavy atom. The number of halogens is 2. The maximum absolute atomic E-state index is 6.48. The van der Waals surface area contributed by atoms with Gasteiger partial charge in [-0.15, -0.1) is 6.58 Å². The maximum atomic E-state index is 6.48. The molecule has 1 heterocycles. The number of nitrogens with two attached hydrogens (primary N) is 1. The van der Waals surface area contributed by atoms with E-state index in [0.29, 0.717) is 23.1 Å². The van der Waals surface area contributed by atoms with Crippen molar-refractivity contribution in [2.75, 3.05) is 13.6 Å². The Morgan fingerprint density at radius 1 is 1.28 bits per heavy atom. The van der Waals surface area contributed by atoms with E-state index >= 15 is 0 Å². The molecule has 1 aromatic heterocycles. The molecule has 0 bridgehead atoms. The average molecular weight is 376 g/mol. The number of rotatable bonds is 7. The van der Waals surface area contributed by atoms with Gasteiger partial charge in [-0.2, -0.15) is 0 Å². The van der Waals surface area contributed by atoms with Crippen LogP contribution in [0.3, 0.4) is 0 Å². The predicted octanol–water partition coefficient (Wildman–Crippen LogP) is 5.08. The maximum Gasteiger partial charge on any atom is 0.0625 e. The van der Waals surface area contributed by atoms with Crippen LogP contribution in [-0.2, 0) is 13.1 Å². The van der Waals surface area contributed by atoms with E-state index in [1.54, 1.807) is 6.07 Å². The van der Waals surface area contributed by atoms with Crippen LogP contribution in [0.1, 0.15) is 22.5 Å². The second-order valence-electron chi connectivity index (χ2n) is 5.93. The van der Waals surface area contributed by atoms with Crippen LogP contribution >= 0.6 is 23.2 Å². The Morgan fingerprint density at radius 2 is 2.00 bits per heavy atom. The second-order valence-corrected chi connectivity index (χ2v) is 6.77. The first-order valence-corrected chi connectivity index (χ1v) is 8.78. The van der Waals surface area contributed by atoms with Gasteiger partial charge in [0.25, 0.3) is 0 Å². The summed E-state index contributed by atoms with van der Waals surface area (Å²) >= 11 is 12.5. The molecule has 2 N–H and O–H groups in total. The number of pyridine rings is 1. The number of aryl methyl sites for hydroxylation is 1. The molecular weight excluding hydrogens is 353 g/mol. The fourth-order valence-electron chi connectivity index (χ4n) is 2.95. The summed E-state index contributed by atoms with van der Waals surface area (Å²) in [4.78, 5) is 6.91. The molecule has 0 aliphatic rings. The Balaban J connectivity index is 2.73. The summed E-state index contributed by atoms with van der Waals surface area (Å²) in [6.45, 7) is 11.6. The minimum Gasteiger partial charge on any atom is -0.326 e. The minimum absolute atomic E-state index is 0.372. The van der Waals surface area contributed by atoms with Gasteiger partial charge in [-0.05, 0) is 37.2 Å². The fraction of sp³-hybridized carbons (Fsp3) is 0.250. The highest BCUT2D eigenvalue weighted by molar-refractivity contribution is 6.36. The molecule has 3 nitrogen and oxygen atoms in total. The molecule has 0 aliphatic heterocycles. The monoisotopic (exact) mass is 375 g/mol. The Hall–Kier alpha value is -1.65. The number of hydrogen-bond donors (Lipinski definition) is 1. The zero-order chi connectivity index (χ0) is 18.6. The van der Waals surface area contributed by atoms with Crippen molar-refractivity contribution in [3.05, 3.63) is 70.0 Å². The fourth-order valence-corrected chi connectivity index (χ4v) is 3.45. The number of benzene rings is 1. The molecule has 0 unspecified atom stereocenters. The van der Waals surface area contributed by atoms with Crippen LogP contribution in [0.2, 0.25) is 10.0 Å². The van der Waals surface area contributed by atoms with E-state index in [2.05, 4.69) is 18.1 Å². The normalized spacial score (nSPS) is 11.0. The molecule has 0 radical (unpaired) electrons. The summed E-state index contributed by atoms with van der Waals surface area (Å²) in [7, 11) is 2.03. The van der Waals surface area contributed by atoms with Crippen LogP contribution in [0.15, 0.2) is 37.4 Å². The Kier molecular flexibility index (Phi) is 6.79. The van der Waals surface area contributed by atoms with E-state index in [-0.39, 0.29) is 0 Å². The zero-order valence-electron chi connectivity index (χ0n) is 14.6. The highest BCUT2D eigenvalue weighted by Gasteiger charge is 2.19. The van der Waals surface area contributed by atoms with Gasteiger partial charge < -0.3 is 5.73 Å². The van der Waals surface area contributed by atoms with Gasteiger partial charge in [0.05, 0.1) is 5.69 Å². The molecule has 2 rings (SSSR count). The Bertz CT molecular complexity index is 800. The molecule has 0 atom stereocenters. The van der Waals surface area contributed by atoms with E-state index in [9.17, 15) is 0 Å². The lowest BCUT2D eigenvalue weighted by Gasteiger charge is -2.22. The summed E-state index contributed by atoms with van der Waals surface area (Å²) in [6, 6.07) is 5.49. The molecule has 2 aromatic rings. The van der Waals surface area contributed by atoms with Crippen molar-refractivity contribution < 1.29 is 0 Å². The summed E-state index contributed by atoms with van der Waals surface area (Å²) < 4.78 is 0. The smallest absolute Gasteiger partial charge is 0.0625 e. The summed E-state index contributed by atoms with van der Waals surface area (Å²) in [5, 5.41) is 1.18. The molecule has 0 aliphatic carbocycles. The van der Waals surface area contributed by atoms with E-state index in [0.717, 1.165) is 40.2 Å². The lowest BCUT2D eigenvalue weighted by molar-refractivity contribution is 0.358. The molecule has 0 saturated carbocycles. The van der Waals surface area contributed by atoms with Crippen molar-refractivity contribution in [1.82, 2.24) is 9.88 Å². The van der Waals surface area contributed by atoms with Crippen molar-refractivity contribution in [1.29, 1.82) is 0 Å². The molecule has 0 spiro atoms. The first kappa shape index (κ1) is 19.7. The summed E-state index contributed by atoms with van der Waals surface area (Å²) in [5.74, 6) is 0. The van der Waals surface area contributed by atoms with Crippen LogP contribution in [0.4, 0.5) is 0 Å². The largest absolute Gasteiger partial charge is 0.326 e. The topological polar surface area (TPSA) is 42.2 Å². The van der Waals surface area contributed by atoms with Crippen LogP contribution in [0.5, 0.6) is 0 Å². The van der Waals surface area contributed by atoms with Gasteiger partial charge in [0, 0.05) is 46.5 Å². The highest BCUT2D eigenvalue weighted by atomic mass is 35.5. The van der Waals surface area contributed by atoms with Gasteiger partial charge in [-0.3, -0.25) is 9.88 Å². The summed E-state index contributed by atoms with van der Waals surface area (Å²) in [6.07, 6.45) is 3.69.